The van der Waals surface area contributed by atoms with Gasteiger partial charge in [-0.1, -0.05) is 36.4 Å². The Hall–Kier alpha value is -1.87. The van der Waals surface area contributed by atoms with Crippen LogP contribution in [-0.4, -0.2) is 18.1 Å². The number of rotatable bonds is 7. The van der Waals surface area contributed by atoms with Crippen LogP contribution in [0.15, 0.2) is 48.7 Å². The van der Waals surface area contributed by atoms with Crippen molar-refractivity contribution in [3.8, 4) is 5.88 Å². The molecule has 1 aromatic heterocycles. The minimum absolute atomic E-state index is 0.692. The summed E-state index contributed by atoms with van der Waals surface area (Å²) in [6.07, 6.45) is 2.80. The van der Waals surface area contributed by atoms with Crippen LogP contribution in [-0.2, 0) is 6.54 Å². The largest absolute Gasteiger partial charge is 0.478 e. The van der Waals surface area contributed by atoms with Crippen molar-refractivity contribution in [3.63, 3.8) is 0 Å². The van der Waals surface area contributed by atoms with Gasteiger partial charge < -0.3 is 10.1 Å². The smallest absolute Gasteiger partial charge is 0.213 e. The molecule has 1 N–H and O–H groups in total. The van der Waals surface area contributed by atoms with Gasteiger partial charge in [0.25, 0.3) is 0 Å². The standard InChI is InChI=1S/C16H20N2O/c1-14-8-9-16(18-12-14)19-11-5-10-17-13-15-6-3-2-4-7-15/h2-4,6-9,12,17H,5,10-11,13H2,1H3. The van der Waals surface area contributed by atoms with E-state index >= 15 is 0 Å². The first-order valence-electron chi connectivity index (χ1n) is 6.65. The van der Waals surface area contributed by atoms with Crippen molar-refractivity contribution >= 4 is 0 Å². The SMILES string of the molecule is Cc1ccc(OCCCNCc2ccccc2)nc1. The fraction of sp³-hybridized carbons (Fsp3) is 0.312. The molecule has 0 fully saturated rings. The molecular weight excluding hydrogens is 236 g/mol. The Morgan fingerprint density at radius 1 is 1.11 bits per heavy atom. The summed E-state index contributed by atoms with van der Waals surface area (Å²) in [5.74, 6) is 0.702. The first kappa shape index (κ1) is 13.6. The van der Waals surface area contributed by atoms with Crippen LogP contribution < -0.4 is 10.1 Å². The van der Waals surface area contributed by atoms with Crippen LogP contribution >= 0.6 is 0 Å². The van der Waals surface area contributed by atoms with Crippen molar-refractivity contribution in [3.05, 3.63) is 59.8 Å². The zero-order valence-electron chi connectivity index (χ0n) is 11.3. The van der Waals surface area contributed by atoms with E-state index in [1.807, 2.05) is 31.3 Å². The van der Waals surface area contributed by atoms with E-state index in [4.69, 9.17) is 4.74 Å². The molecule has 0 atom stereocenters. The van der Waals surface area contributed by atoms with Gasteiger partial charge in [0, 0.05) is 18.8 Å². The molecule has 2 aromatic rings. The fourth-order valence-corrected chi connectivity index (χ4v) is 1.74. The maximum atomic E-state index is 5.56. The second-order valence-electron chi connectivity index (χ2n) is 4.54. The number of pyridine rings is 1. The number of nitrogens with one attached hydrogen (secondary N) is 1. The average molecular weight is 256 g/mol. The predicted molar refractivity (Wildman–Crippen MR) is 77.2 cm³/mol. The summed E-state index contributed by atoms with van der Waals surface area (Å²) in [5, 5.41) is 3.40. The van der Waals surface area contributed by atoms with E-state index in [0.29, 0.717) is 12.5 Å². The second kappa shape index (κ2) is 7.54. The third kappa shape index (κ3) is 5.10. The fourth-order valence-electron chi connectivity index (χ4n) is 1.74. The van der Waals surface area contributed by atoms with E-state index in [-0.39, 0.29) is 0 Å². The molecule has 0 bridgehead atoms. The van der Waals surface area contributed by atoms with E-state index in [0.717, 1.165) is 25.1 Å². The minimum Gasteiger partial charge on any atom is -0.478 e. The predicted octanol–water partition coefficient (Wildman–Crippen LogP) is 2.95. The minimum atomic E-state index is 0.692. The van der Waals surface area contributed by atoms with Crippen molar-refractivity contribution in [1.29, 1.82) is 0 Å². The first-order valence-corrected chi connectivity index (χ1v) is 6.65. The Bertz CT molecular complexity index is 468. The second-order valence-corrected chi connectivity index (χ2v) is 4.54. The normalized spacial score (nSPS) is 10.4. The summed E-state index contributed by atoms with van der Waals surface area (Å²) >= 11 is 0. The molecular formula is C16H20N2O. The lowest BCUT2D eigenvalue weighted by Gasteiger charge is -2.06. The van der Waals surface area contributed by atoms with Crippen LogP contribution in [0, 0.1) is 6.92 Å². The molecule has 0 amide bonds. The molecule has 2 rings (SSSR count). The zero-order chi connectivity index (χ0) is 13.3. The summed E-state index contributed by atoms with van der Waals surface area (Å²) in [5.41, 5.74) is 2.46. The van der Waals surface area contributed by atoms with Crippen LogP contribution in [0.3, 0.4) is 0 Å². The summed E-state index contributed by atoms with van der Waals surface area (Å²) in [6, 6.07) is 14.3. The van der Waals surface area contributed by atoms with Crippen molar-refractivity contribution in [2.24, 2.45) is 0 Å². The summed E-state index contributed by atoms with van der Waals surface area (Å²) < 4.78 is 5.56. The molecule has 1 heterocycles. The number of hydrogen-bond acceptors (Lipinski definition) is 3. The van der Waals surface area contributed by atoms with Crippen LogP contribution in [0.25, 0.3) is 0 Å². The van der Waals surface area contributed by atoms with Gasteiger partial charge in [-0.25, -0.2) is 4.98 Å². The van der Waals surface area contributed by atoms with E-state index in [9.17, 15) is 0 Å². The van der Waals surface area contributed by atoms with Crippen LogP contribution in [0.1, 0.15) is 17.5 Å². The maximum Gasteiger partial charge on any atom is 0.213 e. The molecule has 3 nitrogen and oxygen atoms in total. The molecule has 0 aliphatic carbocycles. The molecule has 0 aliphatic heterocycles. The number of benzene rings is 1. The third-order valence-electron chi connectivity index (χ3n) is 2.80. The summed E-state index contributed by atoms with van der Waals surface area (Å²) in [6.45, 7) is 4.56. The highest BCUT2D eigenvalue weighted by molar-refractivity contribution is 5.16. The van der Waals surface area contributed by atoms with Gasteiger partial charge in [0.1, 0.15) is 0 Å². The number of nitrogens with zero attached hydrogens (tertiary/aromatic N) is 1. The third-order valence-corrected chi connectivity index (χ3v) is 2.80. The Morgan fingerprint density at radius 3 is 2.68 bits per heavy atom. The molecule has 0 saturated carbocycles. The van der Waals surface area contributed by atoms with Gasteiger partial charge in [0.05, 0.1) is 6.61 Å². The van der Waals surface area contributed by atoms with Crippen LogP contribution in [0.5, 0.6) is 5.88 Å². The van der Waals surface area contributed by atoms with Crippen LogP contribution in [0.4, 0.5) is 0 Å². The van der Waals surface area contributed by atoms with E-state index in [1.54, 1.807) is 0 Å². The first-order chi connectivity index (χ1) is 9.34. The Labute approximate surface area is 114 Å². The molecule has 0 radical (unpaired) electrons. The molecule has 0 saturated heterocycles. The van der Waals surface area contributed by atoms with Gasteiger partial charge >= 0.3 is 0 Å². The maximum absolute atomic E-state index is 5.56. The Balaban J connectivity index is 1.56. The number of ether oxygens (including phenoxy) is 1. The Kier molecular flexibility index (Phi) is 5.38. The van der Waals surface area contributed by atoms with E-state index < -0.39 is 0 Å². The number of aryl methyl sites for hydroxylation is 1. The topological polar surface area (TPSA) is 34.1 Å². The van der Waals surface area contributed by atoms with Crippen molar-refractivity contribution < 1.29 is 4.74 Å². The summed E-state index contributed by atoms with van der Waals surface area (Å²) in [7, 11) is 0. The van der Waals surface area contributed by atoms with E-state index in [1.165, 1.54) is 5.56 Å². The van der Waals surface area contributed by atoms with Gasteiger partial charge in [0.15, 0.2) is 0 Å². The zero-order valence-corrected chi connectivity index (χ0v) is 11.3. The van der Waals surface area contributed by atoms with Gasteiger partial charge in [-0.05, 0) is 31.0 Å². The molecule has 0 spiro atoms. The van der Waals surface area contributed by atoms with Gasteiger partial charge in [-0.15, -0.1) is 0 Å². The average Bonchev–Trinajstić information content (AvgIpc) is 2.46. The molecule has 100 valence electrons. The lowest BCUT2D eigenvalue weighted by Crippen LogP contribution is -2.17. The highest BCUT2D eigenvalue weighted by Crippen LogP contribution is 2.06. The lowest BCUT2D eigenvalue weighted by atomic mass is 10.2. The molecule has 1 aromatic carbocycles. The van der Waals surface area contributed by atoms with Crippen molar-refractivity contribution in [2.75, 3.05) is 13.2 Å². The molecule has 3 heteroatoms. The van der Waals surface area contributed by atoms with Crippen molar-refractivity contribution in [1.82, 2.24) is 10.3 Å². The molecule has 0 aliphatic rings. The van der Waals surface area contributed by atoms with Gasteiger partial charge in [-0.2, -0.15) is 0 Å². The Morgan fingerprint density at radius 2 is 1.95 bits per heavy atom. The molecule has 0 unspecified atom stereocenters. The van der Waals surface area contributed by atoms with Crippen LogP contribution in [0.2, 0.25) is 0 Å². The van der Waals surface area contributed by atoms with Gasteiger partial charge in [0.2, 0.25) is 5.88 Å². The quantitative estimate of drug-likeness (QED) is 0.773. The van der Waals surface area contributed by atoms with Crippen molar-refractivity contribution in [2.45, 2.75) is 19.9 Å². The lowest BCUT2D eigenvalue weighted by molar-refractivity contribution is 0.296. The molecule has 19 heavy (non-hydrogen) atoms. The highest BCUT2D eigenvalue weighted by Gasteiger charge is 1.95. The van der Waals surface area contributed by atoms with Gasteiger partial charge in [-0.3, -0.25) is 0 Å². The highest BCUT2D eigenvalue weighted by atomic mass is 16.5. The number of hydrogen-bond donors (Lipinski definition) is 1. The number of aromatic nitrogens is 1. The van der Waals surface area contributed by atoms with E-state index in [2.05, 4.69) is 34.6 Å². The summed E-state index contributed by atoms with van der Waals surface area (Å²) in [4.78, 5) is 4.20. The monoisotopic (exact) mass is 256 g/mol.